The summed E-state index contributed by atoms with van der Waals surface area (Å²) in [6, 6.07) is 4.73. The van der Waals surface area contributed by atoms with Crippen molar-refractivity contribution in [3.8, 4) is 0 Å². The van der Waals surface area contributed by atoms with Gasteiger partial charge in [-0.05, 0) is 49.4 Å². The number of ketones is 1. The third-order valence-electron chi connectivity index (χ3n) is 6.70. The quantitative estimate of drug-likeness (QED) is 0.585. The van der Waals surface area contributed by atoms with Crippen LogP contribution < -0.4 is 16.0 Å². The van der Waals surface area contributed by atoms with Gasteiger partial charge < -0.3 is 25.8 Å². The molecule has 2 fully saturated rings. The molecule has 186 valence electrons. The van der Waals surface area contributed by atoms with E-state index in [0.717, 1.165) is 5.69 Å². The molecule has 3 amide bonds. The Morgan fingerprint density at radius 3 is 2.32 bits per heavy atom. The predicted molar refractivity (Wildman–Crippen MR) is 130 cm³/mol. The standard InChI is InChI=1S/C25H37N5O4/c1-6-18(26)24(33)30-14-21(31)22-20(30)11-12-29(22)25(34)19(13-15(2)3)27-23(32)16-7-9-17(10-8-16)28(4)5/h7-10,15,18-20,22H,6,11-14,26H2,1-5H3,(H,27,32)/t18-,19-,20?,22-/m0/s1. The highest BCUT2D eigenvalue weighted by Gasteiger charge is 2.52. The molecule has 1 aromatic rings. The summed E-state index contributed by atoms with van der Waals surface area (Å²) in [6.07, 6.45) is 1.46. The minimum absolute atomic E-state index is 0.0227. The highest BCUT2D eigenvalue weighted by Crippen LogP contribution is 2.31. The minimum atomic E-state index is -0.754. The molecule has 4 atom stereocenters. The number of Topliss-reactive ketones (excluding diaryl/α,β-unsaturated/α-hetero) is 1. The Bertz CT molecular complexity index is 930. The maximum atomic E-state index is 13.6. The van der Waals surface area contributed by atoms with Crippen molar-refractivity contribution in [2.24, 2.45) is 11.7 Å². The van der Waals surface area contributed by atoms with Gasteiger partial charge in [0, 0.05) is 31.9 Å². The average Bonchev–Trinajstić information content (AvgIpc) is 3.38. The van der Waals surface area contributed by atoms with Crippen LogP contribution in [0.3, 0.4) is 0 Å². The predicted octanol–water partition coefficient (Wildman–Crippen LogP) is 1.02. The van der Waals surface area contributed by atoms with Gasteiger partial charge in [0.05, 0.1) is 18.6 Å². The molecule has 1 unspecified atom stereocenters. The van der Waals surface area contributed by atoms with Gasteiger partial charge in [0.1, 0.15) is 12.1 Å². The van der Waals surface area contributed by atoms with E-state index in [4.69, 9.17) is 5.73 Å². The lowest BCUT2D eigenvalue weighted by Gasteiger charge is -2.29. The smallest absolute Gasteiger partial charge is 0.251 e. The Kier molecular flexibility index (Phi) is 7.97. The molecule has 2 aliphatic heterocycles. The van der Waals surface area contributed by atoms with Crippen LogP contribution in [0.4, 0.5) is 5.69 Å². The number of amides is 3. The molecule has 9 nitrogen and oxygen atoms in total. The lowest BCUT2D eigenvalue weighted by atomic mass is 10.0. The molecule has 0 bridgehead atoms. The molecule has 0 saturated carbocycles. The van der Waals surface area contributed by atoms with Crippen LogP contribution in [0, 0.1) is 5.92 Å². The lowest BCUT2D eigenvalue weighted by molar-refractivity contribution is -0.138. The van der Waals surface area contributed by atoms with E-state index in [9.17, 15) is 19.2 Å². The molecule has 1 aromatic carbocycles. The van der Waals surface area contributed by atoms with Gasteiger partial charge in [0.25, 0.3) is 5.91 Å². The third kappa shape index (κ3) is 5.24. The molecular weight excluding hydrogens is 434 g/mol. The fraction of sp³-hybridized carbons (Fsp3) is 0.600. The second-order valence-corrected chi connectivity index (χ2v) is 9.88. The van der Waals surface area contributed by atoms with E-state index in [2.05, 4.69) is 5.32 Å². The van der Waals surface area contributed by atoms with Gasteiger partial charge in [-0.2, -0.15) is 0 Å². The van der Waals surface area contributed by atoms with E-state index in [1.165, 1.54) is 4.90 Å². The van der Waals surface area contributed by atoms with Gasteiger partial charge in [-0.1, -0.05) is 20.8 Å². The zero-order chi connectivity index (χ0) is 25.2. The van der Waals surface area contributed by atoms with Crippen molar-refractivity contribution in [3.05, 3.63) is 29.8 Å². The Morgan fingerprint density at radius 2 is 1.76 bits per heavy atom. The first-order valence-electron chi connectivity index (χ1n) is 12.0. The summed E-state index contributed by atoms with van der Waals surface area (Å²) in [7, 11) is 3.84. The van der Waals surface area contributed by atoms with Crippen molar-refractivity contribution in [1.82, 2.24) is 15.1 Å². The summed E-state index contributed by atoms with van der Waals surface area (Å²) in [6.45, 7) is 6.14. The number of nitrogens with one attached hydrogen (secondary N) is 1. The van der Waals surface area contributed by atoms with Gasteiger partial charge in [0.2, 0.25) is 11.8 Å². The topological polar surface area (TPSA) is 116 Å². The number of rotatable bonds is 8. The molecule has 34 heavy (non-hydrogen) atoms. The first-order chi connectivity index (χ1) is 16.0. The number of fused-ring (bicyclic) bond motifs is 1. The first kappa shape index (κ1) is 25.7. The molecule has 2 aliphatic rings. The summed E-state index contributed by atoms with van der Waals surface area (Å²) in [4.78, 5) is 57.1. The third-order valence-corrected chi connectivity index (χ3v) is 6.70. The van der Waals surface area contributed by atoms with Crippen LogP contribution in [-0.4, -0.2) is 84.7 Å². The molecule has 2 saturated heterocycles. The zero-order valence-electron chi connectivity index (χ0n) is 20.8. The highest BCUT2D eigenvalue weighted by molar-refractivity contribution is 6.01. The van der Waals surface area contributed by atoms with E-state index in [1.54, 1.807) is 17.0 Å². The Balaban J connectivity index is 1.76. The Morgan fingerprint density at radius 1 is 1.12 bits per heavy atom. The summed E-state index contributed by atoms with van der Waals surface area (Å²) >= 11 is 0. The number of hydrogen-bond donors (Lipinski definition) is 2. The van der Waals surface area contributed by atoms with E-state index >= 15 is 0 Å². The van der Waals surface area contributed by atoms with Crippen LogP contribution in [0.2, 0.25) is 0 Å². The SMILES string of the molecule is CC[C@H](N)C(=O)N1CC(=O)[C@@H]2C1CCN2C(=O)[C@H](CC(C)C)NC(=O)c1ccc(N(C)C)cc1. The number of nitrogens with two attached hydrogens (primary N) is 1. The highest BCUT2D eigenvalue weighted by atomic mass is 16.2. The minimum Gasteiger partial charge on any atom is -0.378 e. The molecule has 0 aliphatic carbocycles. The monoisotopic (exact) mass is 471 g/mol. The molecule has 2 heterocycles. The second kappa shape index (κ2) is 10.5. The fourth-order valence-corrected chi connectivity index (χ4v) is 4.79. The number of nitrogens with zero attached hydrogens (tertiary/aromatic N) is 3. The van der Waals surface area contributed by atoms with Crippen LogP contribution in [0.15, 0.2) is 24.3 Å². The fourth-order valence-electron chi connectivity index (χ4n) is 4.79. The number of carbonyl (C=O) groups excluding carboxylic acids is 4. The maximum Gasteiger partial charge on any atom is 0.251 e. The van der Waals surface area contributed by atoms with E-state index in [0.29, 0.717) is 31.4 Å². The van der Waals surface area contributed by atoms with Crippen LogP contribution >= 0.6 is 0 Å². The molecule has 3 N–H and O–H groups in total. The molecule has 9 heteroatoms. The average molecular weight is 472 g/mol. The maximum absolute atomic E-state index is 13.6. The molecule has 3 rings (SSSR count). The number of carbonyl (C=O) groups is 4. The second-order valence-electron chi connectivity index (χ2n) is 9.88. The first-order valence-corrected chi connectivity index (χ1v) is 12.0. The van der Waals surface area contributed by atoms with Crippen molar-refractivity contribution >= 4 is 29.2 Å². The summed E-state index contributed by atoms with van der Waals surface area (Å²) in [5, 5.41) is 2.89. The van der Waals surface area contributed by atoms with Crippen molar-refractivity contribution < 1.29 is 19.2 Å². The van der Waals surface area contributed by atoms with E-state index in [1.807, 2.05) is 51.9 Å². The normalized spacial score (nSPS) is 21.4. The van der Waals surface area contributed by atoms with E-state index < -0.39 is 18.1 Å². The van der Waals surface area contributed by atoms with Gasteiger partial charge in [-0.15, -0.1) is 0 Å². The van der Waals surface area contributed by atoms with Crippen LogP contribution in [0.25, 0.3) is 0 Å². The molecular formula is C25H37N5O4. The number of likely N-dealkylation sites (tertiary alicyclic amines) is 2. The number of hydrogen-bond acceptors (Lipinski definition) is 6. The summed E-state index contributed by atoms with van der Waals surface area (Å²) in [5.41, 5.74) is 7.36. The Hall–Kier alpha value is -2.94. The van der Waals surface area contributed by atoms with Crippen molar-refractivity contribution in [1.29, 1.82) is 0 Å². The van der Waals surface area contributed by atoms with E-state index in [-0.39, 0.29) is 42.0 Å². The summed E-state index contributed by atoms with van der Waals surface area (Å²) < 4.78 is 0. The van der Waals surface area contributed by atoms with Crippen molar-refractivity contribution in [2.45, 2.75) is 64.2 Å². The van der Waals surface area contributed by atoms with Gasteiger partial charge in [0.15, 0.2) is 5.78 Å². The molecule has 0 radical (unpaired) electrons. The lowest BCUT2D eigenvalue weighted by Crippen LogP contribution is -2.53. The van der Waals surface area contributed by atoms with Gasteiger partial charge in [-0.25, -0.2) is 0 Å². The zero-order valence-corrected chi connectivity index (χ0v) is 20.8. The number of benzene rings is 1. The molecule has 0 spiro atoms. The Labute approximate surface area is 201 Å². The molecule has 0 aromatic heterocycles. The largest absolute Gasteiger partial charge is 0.378 e. The van der Waals surface area contributed by atoms with Crippen LogP contribution in [0.5, 0.6) is 0 Å². The van der Waals surface area contributed by atoms with Crippen molar-refractivity contribution in [3.63, 3.8) is 0 Å². The van der Waals surface area contributed by atoms with Crippen molar-refractivity contribution in [2.75, 3.05) is 32.1 Å². The van der Waals surface area contributed by atoms with Gasteiger partial charge in [-0.3, -0.25) is 19.2 Å². The van der Waals surface area contributed by atoms with Crippen LogP contribution in [0.1, 0.15) is 50.4 Å². The summed E-state index contributed by atoms with van der Waals surface area (Å²) in [5.74, 6) is -0.846. The number of anilines is 1. The van der Waals surface area contributed by atoms with Gasteiger partial charge >= 0.3 is 0 Å². The van der Waals surface area contributed by atoms with Crippen LogP contribution in [-0.2, 0) is 14.4 Å².